The van der Waals surface area contributed by atoms with Gasteiger partial charge in [0.05, 0.1) is 20.7 Å². The van der Waals surface area contributed by atoms with Gasteiger partial charge in [0.15, 0.2) is 0 Å². The van der Waals surface area contributed by atoms with Crippen molar-refractivity contribution in [1.82, 2.24) is 4.90 Å². The highest BCUT2D eigenvalue weighted by molar-refractivity contribution is 6.83. The Morgan fingerprint density at radius 3 is 2.44 bits per heavy atom. The Kier molecular flexibility index (Phi) is 7.14. The summed E-state index contributed by atoms with van der Waals surface area (Å²) in [6, 6.07) is -0.141. The van der Waals surface area contributed by atoms with E-state index in [1.165, 1.54) is 18.0 Å². The summed E-state index contributed by atoms with van der Waals surface area (Å²) >= 11 is 0. The molecule has 1 rings (SSSR count). The smallest absolute Gasteiger partial charge is 0.413 e. The zero-order valence-corrected chi connectivity index (χ0v) is 18.7. The summed E-state index contributed by atoms with van der Waals surface area (Å²) in [5, 5.41) is 1.42. The van der Waals surface area contributed by atoms with Gasteiger partial charge in [0.2, 0.25) is 0 Å². The minimum Gasteiger partial charge on any atom is -0.444 e. The number of hydrogen-bond acceptors (Lipinski definition) is 3. The molecule has 0 N–H and O–H groups in total. The van der Waals surface area contributed by atoms with Crippen molar-refractivity contribution >= 4 is 14.2 Å². The van der Waals surface area contributed by atoms with Crippen LogP contribution in [0.3, 0.4) is 0 Å². The predicted octanol–water partition coefficient (Wildman–Crippen LogP) is 5.51. The highest BCUT2D eigenvalue weighted by Gasteiger charge is 2.44. The molecule has 4 nitrogen and oxygen atoms in total. The summed E-state index contributed by atoms with van der Waals surface area (Å²) < 4.78 is 11.4. The second-order valence-electron chi connectivity index (χ2n) is 9.32. The molecule has 0 saturated carbocycles. The summed E-state index contributed by atoms with van der Waals surface area (Å²) in [5.74, 6) is 0. The predicted molar refractivity (Wildman–Crippen MR) is 106 cm³/mol. The highest BCUT2D eigenvalue weighted by atomic mass is 28.3. The molecule has 1 atom stereocenters. The number of ether oxygens (including phenoxy) is 2. The van der Waals surface area contributed by atoms with Gasteiger partial charge in [0, 0.05) is 0 Å². The van der Waals surface area contributed by atoms with Crippen molar-refractivity contribution in [2.45, 2.75) is 97.8 Å². The molecule has 5 heteroatoms. The van der Waals surface area contributed by atoms with Gasteiger partial charge in [0.25, 0.3) is 0 Å². The van der Waals surface area contributed by atoms with E-state index >= 15 is 0 Å². The van der Waals surface area contributed by atoms with E-state index in [1.54, 1.807) is 4.90 Å². The third-order valence-electron chi connectivity index (χ3n) is 4.24. The Balaban J connectivity index is 3.11. The van der Waals surface area contributed by atoms with Crippen molar-refractivity contribution in [2.75, 3.05) is 6.61 Å². The zero-order valence-electron chi connectivity index (χ0n) is 17.7. The molecule has 25 heavy (non-hydrogen) atoms. The third kappa shape index (κ3) is 6.65. The number of unbranched alkanes of at least 4 members (excludes halogenated alkanes) is 1. The van der Waals surface area contributed by atoms with Crippen LogP contribution in [0.5, 0.6) is 0 Å². The SMILES string of the molecule is CCCCC(=C=C[C@H]1COC(C)(C)N1C(=O)OC(C)(C)C)[Si](C)(C)C. The van der Waals surface area contributed by atoms with Crippen LogP contribution < -0.4 is 0 Å². The van der Waals surface area contributed by atoms with Gasteiger partial charge in [-0.3, -0.25) is 4.90 Å². The molecule has 144 valence electrons. The van der Waals surface area contributed by atoms with Crippen LogP contribution >= 0.6 is 0 Å². The number of carbonyl (C=O) groups excluding carboxylic acids is 1. The van der Waals surface area contributed by atoms with E-state index < -0.39 is 19.4 Å². The van der Waals surface area contributed by atoms with Gasteiger partial charge in [-0.05, 0) is 58.7 Å². The van der Waals surface area contributed by atoms with Crippen LogP contribution in [0.25, 0.3) is 0 Å². The van der Waals surface area contributed by atoms with Crippen LogP contribution in [0, 0.1) is 0 Å². The molecule has 0 aromatic carbocycles. The molecule has 0 aromatic rings. The van der Waals surface area contributed by atoms with Crippen LogP contribution in [0.2, 0.25) is 19.6 Å². The number of carbonyl (C=O) groups is 1. The van der Waals surface area contributed by atoms with E-state index in [0.717, 1.165) is 6.42 Å². The maximum Gasteiger partial charge on any atom is 0.413 e. The summed E-state index contributed by atoms with van der Waals surface area (Å²) in [6.45, 7) is 19.2. The number of nitrogens with zero attached hydrogens (tertiary/aromatic N) is 1. The molecule has 1 aliphatic rings. The topological polar surface area (TPSA) is 38.8 Å². The molecule has 0 aromatic heterocycles. The van der Waals surface area contributed by atoms with Gasteiger partial charge in [0.1, 0.15) is 11.3 Å². The second-order valence-corrected chi connectivity index (χ2v) is 14.4. The summed E-state index contributed by atoms with van der Waals surface area (Å²) in [4.78, 5) is 14.4. The Labute approximate surface area is 155 Å². The van der Waals surface area contributed by atoms with Crippen LogP contribution in [-0.2, 0) is 9.47 Å². The molecular weight excluding hydrogens is 330 g/mol. The lowest BCUT2D eigenvalue weighted by Gasteiger charge is -2.34. The van der Waals surface area contributed by atoms with Gasteiger partial charge in [-0.25, -0.2) is 4.79 Å². The Hall–Kier alpha value is -1.03. The molecule has 0 spiro atoms. The zero-order chi connectivity index (χ0) is 19.5. The van der Waals surface area contributed by atoms with Crippen LogP contribution in [-0.4, -0.2) is 43.0 Å². The Bertz CT molecular complexity index is 534. The normalized spacial score (nSPS) is 20.2. The van der Waals surface area contributed by atoms with Crippen molar-refractivity contribution in [1.29, 1.82) is 0 Å². The van der Waals surface area contributed by atoms with Crippen LogP contribution in [0.4, 0.5) is 4.79 Å². The third-order valence-corrected chi connectivity index (χ3v) is 6.45. The van der Waals surface area contributed by atoms with E-state index in [2.05, 4.69) is 32.3 Å². The minimum absolute atomic E-state index is 0.141. The minimum atomic E-state index is -1.42. The van der Waals surface area contributed by atoms with E-state index in [1.807, 2.05) is 40.7 Å². The first-order chi connectivity index (χ1) is 11.3. The lowest BCUT2D eigenvalue weighted by atomic mass is 10.2. The van der Waals surface area contributed by atoms with Gasteiger partial charge in [-0.15, -0.1) is 5.73 Å². The van der Waals surface area contributed by atoms with Crippen molar-refractivity contribution in [2.24, 2.45) is 0 Å². The van der Waals surface area contributed by atoms with E-state index in [0.29, 0.717) is 6.61 Å². The average molecular weight is 368 g/mol. The van der Waals surface area contributed by atoms with E-state index in [-0.39, 0.29) is 12.1 Å². The van der Waals surface area contributed by atoms with Gasteiger partial charge < -0.3 is 9.47 Å². The molecule has 1 fully saturated rings. The van der Waals surface area contributed by atoms with E-state index in [4.69, 9.17) is 9.47 Å². The monoisotopic (exact) mass is 367 g/mol. The molecule has 1 heterocycles. The molecule has 0 bridgehead atoms. The van der Waals surface area contributed by atoms with Gasteiger partial charge in [-0.2, -0.15) is 0 Å². The van der Waals surface area contributed by atoms with Crippen molar-refractivity contribution in [3.63, 3.8) is 0 Å². The van der Waals surface area contributed by atoms with E-state index in [9.17, 15) is 4.79 Å². The lowest BCUT2D eigenvalue weighted by Crippen LogP contribution is -2.49. The van der Waals surface area contributed by atoms with Gasteiger partial charge in [-0.1, -0.05) is 33.0 Å². The highest BCUT2D eigenvalue weighted by Crippen LogP contribution is 2.30. The summed E-state index contributed by atoms with van der Waals surface area (Å²) in [5.41, 5.74) is 2.35. The average Bonchev–Trinajstić information content (AvgIpc) is 2.70. The molecule has 1 aliphatic heterocycles. The summed E-state index contributed by atoms with van der Waals surface area (Å²) in [7, 11) is -1.42. The molecular formula is C20H37NO3Si. The number of rotatable bonds is 5. The fourth-order valence-electron chi connectivity index (χ4n) is 2.84. The molecule has 0 aliphatic carbocycles. The first kappa shape index (κ1) is 22.0. The Morgan fingerprint density at radius 1 is 1.36 bits per heavy atom. The molecule has 1 amide bonds. The maximum atomic E-state index is 12.7. The first-order valence-corrected chi connectivity index (χ1v) is 12.9. The Morgan fingerprint density at radius 2 is 1.96 bits per heavy atom. The second kappa shape index (κ2) is 8.11. The van der Waals surface area contributed by atoms with Crippen molar-refractivity contribution in [3.8, 4) is 0 Å². The number of hydrogen-bond donors (Lipinski definition) is 0. The quantitative estimate of drug-likeness (QED) is 0.475. The fraction of sp³-hybridized carbons (Fsp3) is 0.800. The molecule has 1 saturated heterocycles. The van der Waals surface area contributed by atoms with Gasteiger partial charge >= 0.3 is 6.09 Å². The van der Waals surface area contributed by atoms with Crippen molar-refractivity contribution in [3.05, 3.63) is 17.0 Å². The number of amides is 1. The van der Waals surface area contributed by atoms with Crippen LogP contribution in [0.15, 0.2) is 17.0 Å². The fourth-order valence-corrected chi connectivity index (χ4v) is 4.28. The van der Waals surface area contributed by atoms with Crippen LogP contribution in [0.1, 0.15) is 60.8 Å². The first-order valence-electron chi connectivity index (χ1n) is 9.40. The standard InChI is InChI=1S/C20H37NO3Si/c1-10-11-12-17(25(7,8)9)14-13-16-15-23-20(5,6)21(16)18(22)24-19(2,3)4/h13,16H,10-12,15H2,1-9H3/t14?,16-/m0/s1. The molecule has 0 unspecified atom stereocenters. The summed E-state index contributed by atoms with van der Waals surface area (Å²) in [6.07, 6.45) is 5.14. The lowest BCUT2D eigenvalue weighted by molar-refractivity contribution is -0.0610. The molecule has 0 radical (unpaired) electrons. The van der Waals surface area contributed by atoms with Crippen molar-refractivity contribution < 1.29 is 14.3 Å². The largest absolute Gasteiger partial charge is 0.444 e. The maximum absolute atomic E-state index is 12.7.